The summed E-state index contributed by atoms with van der Waals surface area (Å²) in [6, 6.07) is 8.20. The van der Waals surface area contributed by atoms with Crippen LogP contribution < -0.4 is 5.56 Å². The number of nitrogens with zero attached hydrogens (tertiary/aromatic N) is 1. The Morgan fingerprint density at radius 1 is 1.28 bits per heavy atom. The summed E-state index contributed by atoms with van der Waals surface area (Å²) in [5, 5.41) is 2.87. The second-order valence-electron chi connectivity index (χ2n) is 4.75. The number of unbranched alkanes of at least 4 members (excludes halogenated alkanes) is 1. The van der Waals surface area contributed by atoms with Crippen LogP contribution in [0.5, 0.6) is 0 Å². The van der Waals surface area contributed by atoms with E-state index >= 15 is 0 Å². The average Bonchev–Trinajstić information content (AvgIpc) is 2.62. The topological polar surface area (TPSA) is 37.8 Å². The highest BCUT2D eigenvalue weighted by Crippen LogP contribution is 2.25. The molecule has 96 valence electrons. The molecule has 0 unspecified atom stereocenters. The van der Waals surface area contributed by atoms with Crippen LogP contribution >= 0.6 is 0 Å². The Kier molecular flexibility index (Phi) is 3.70. The van der Waals surface area contributed by atoms with Crippen LogP contribution in [0.15, 0.2) is 29.1 Å². The van der Waals surface area contributed by atoms with Crippen LogP contribution in [0.2, 0.25) is 0 Å². The zero-order valence-corrected chi connectivity index (χ0v) is 11.3. The molecule has 2 aromatic rings. The van der Waals surface area contributed by atoms with Gasteiger partial charge >= 0.3 is 0 Å². The van der Waals surface area contributed by atoms with Gasteiger partial charge in [0.2, 0.25) is 0 Å². The fourth-order valence-corrected chi connectivity index (χ4v) is 2.35. The van der Waals surface area contributed by atoms with Gasteiger partial charge in [-0.25, -0.2) is 0 Å². The highest BCUT2D eigenvalue weighted by molar-refractivity contribution is 5.66. The molecule has 18 heavy (non-hydrogen) atoms. The first-order valence-electron chi connectivity index (χ1n) is 6.49. The first kappa shape index (κ1) is 12.7. The fourth-order valence-electron chi connectivity index (χ4n) is 2.35. The molecule has 0 saturated heterocycles. The van der Waals surface area contributed by atoms with Crippen molar-refractivity contribution in [3.63, 3.8) is 0 Å². The molecule has 1 aromatic carbocycles. The fraction of sp³-hybridized carbons (Fsp3) is 0.400. The highest BCUT2D eigenvalue weighted by atomic mass is 16.1. The minimum Gasteiger partial charge on any atom is -0.287 e. The quantitative estimate of drug-likeness (QED) is 0.882. The van der Waals surface area contributed by atoms with Crippen molar-refractivity contribution in [3.8, 4) is 11.3 Å². The van der Waals surface area contributed by atoms with Gasteiger partial charge < -0.3 is 0 Å². The van der Waals surface area contributed by atoms with E-state index in [0.717, 1.165) is 36.1 Å². The molecule has 0 aliphatic heterocycles. The maximum Gasteiger partial charge on any atom is 0.267 e. The number of H-pyrrole nitrogens is 1. The van der Waals surface area contributed by atoms with Crippen molar-refractivity contribution in [1.82, 2.24) is 9.78 Å². The summed E-state index contributed by atoms with van der Waals surface area (Å²) in [6.45, 7) is 4.22. The van der Waals surface area contributed by atoms with Crippen molar-refractivity contribution in [2.75, 3.05) is 0 Å². The zero-order chi connectivity index (χ0) is 13.1. The summed E-state index contributed by atoms with van der Waals surface area (Å²) in [5.74, 6) is 0. The molecule has 0 amide bonds. The first-order valence-corrected chi connectivity index (χ1v) is 6.49. The second kappa shape index (κ2) is 5.25. The van der Waals surface area contributed by atoms with E-state index < -0.39 is 0 Å². The van der Waals surface area contributed by atoms with E-state index in [2.05, 4.69) is 31.1 Å². The van der Waals surface area contributed by atoms with Crippen LogP contribution in [-0.2, 0) is 13.5 Å². The van der Waals surface area contributed by atoms with E-state index in [9.17, 15) is 4.79 Å². The molecular formula is C15H20N2O. The highest BCUT2D eigenvalue weighted by Gasteiger charge is 2.15. The lowest BCUT2D eigenvalue weighted by Gasteiger charge is -2.09. The summed E-state index contributed by atoms with van der Waals surface area (Å²) in [6.07, 6.45) is 2.99. The summed E-state index contributed by atoms with van der Waals surface area (Å²) >= 11 is 0. The number of aromatic amines is 1. The number of hydrogen-bond acceptors (Lipinski definition) is 1. The SMILES string of the molecule is CCCCc1c(-c2ccccc2C)n(C)[nH]c1=O. The van der Waals surface area contributed by atoms with Gasteiger partial charge in [0.15, 0.2) is 0 Å². The Morgan fingerprint density at radius 3 is 2.67 bits per heavy atom. The van der Waals surface area contributed by atoms with Crippen molar-refractivity contribution in [2.24, 2.45) is 7.05 Å². The monoisotopic (exact) mass is 244 g/mol. The van der Waals surface area contributed by atoms with Crippen molar-refractivity contribution < 1.29 is 0 Å². The van der Waals surface area contributed by atoms with Crippen LogP contribution in [0.25, 0.3) is 11.3 Å². The van der Waals surface area contributed by atoms with Gasteiger partial charge in [0.25, 0.3) is 5.56 Å². The van der Waals surface area contributed by atoms with Crippen LogP contribution in [0.3, 0.4) is 0 Å². The molecule has 3 heteroatoms. The largest absolute Gasteiger partial charge is 0.287 e. The number of benzene rings is 1. The van der Waals surface area contributed by atoms with Gasteiger partial charge in [-0.15, -0.1) is 0 Å². The molecule has 1 heterocycles. The Labute approximate surface area is 107 Å². The molecule has 0 aliphatic carbocycles. The minimum atomic E-state index is 0.0456. The lowest BCUT2D eigenvalue weighted by atomic mass is 10.00. The molecule has 2 rings (SSSR count). The van der Waals surface area contributed by atoms with E-state index in [0.29, 0.717) is 0 Å². The summed E-state index contributed by atoms with van der Waals surface area (Å²) in [5.41, 5.74) is 4.33. The van der Waals surface area contributed by atoms with Gasteiger partial charge in [0, 0.05) is 18.2 Å². The predicted molar refractivity (Wildman–Crippen MR) is 74.8 cm³/mol. The van der Waals surface area contributed by atoms with E-state index in [1.807, 2.05) is 23.9 Å². The molecule has 0 spiro atoms. The summed E-state index contributed by atoms with van der Waals surface area (Å²) in [4.78, 5) is 12.0. The van der Waals surface area contributed by atoms with Crippen LogP contribution in [0, 0.1) is 6.92 Å². The third-order valence-electron chi connectivity index (χ3n) is 3.35. The molecule has 0 fully saturated rings. The van der Waals surface area contributed by atoms with E-state index in [4.69, 9.17) is 0 Å². The Hall–Kier alpha value is -1.77. The van der Waals surface area contributed by atoms with Crippen molar-refractivity contribution in [1.29, 1.82) is 0 Å². The molecule has 1 N–H and O–H groups in total. The number of rotatable bonds is 4. The maximum atomic E-state index is 12.0. The predicted octanol–water partition coefficient (Wildman–Crippen LogP) is 3.03. The Bertz CT molecular complexity index is 593. The number of aromatic nitrogens is 2. The van der Waals surface area contributed by atoms with Crippen LogP contribution in [0.4, 0.5) is 0 Å². The van der Waals surface area contributed by atoms with E-state index in [1.54, 1.807) is 0 Å². The van der Waals surface area contributed by atoms with Gasteiger partial charge in [-0.05, 0) is 25.3 Å². The minimum absolute atomic E-state index is 0.0456. The van der Waals surface area contributed by atoms with Crippen molar-refractivity contribution in [3.05, 3.63) is 45.7 Å². The van der Waals surface area contributed by atoms with Crippen LogP contribution in [0.1, 0.15) is 30.9 Å². The van der Waals surface area contributed by atoms with Gasteiger partial charge in [0.05, 0.1) is 5.69 Å². The average molecular weight is 244 g/mol. The molecule has 0 radical (unpaired) electrons. The standard InChI is InChI=1S/C15H20N2O/c1-4-5-9-13-14(17(3)16-15(13)18)12-10-7-6-8-11(12)2/h6-8,10H,4-5,9H2,1-3H3,(H,16,18). The maximum absolute atomic E-state index is 12.0. The molecule has 0 saturated carbocycles. The molecule has 0 bridgehead atoms. The van der Waals surface area contributed by atoms with Gasteiger partial charge in [-0.3, -0.25) is 14.6 Å². The third kappa shape index (κ3) is 2.26. The molecular weight excluding hydrogens is 224 g/mol. The number of nitrogens with one attached hydrogen (secondary N) is 1. The second-order valence-corrected chi connectivity index (χ2v) is 4.75. The molecule has 3 nitrogen and oxygen atoms in total. The van der Waals surface area contributed by atoms with Crippen LogP contribution in [-0.4, -0.2) is 9.78 Å². The Morgan fingerprint density at radius 2 is 2.00 bits per heavy atom. The molecule has 0 atom stereocenters. The first-order chi connectivity index (χ1) is 8.65. The smallest absolute Gasteiger partial charge is 0.267 e. The van der Waals surface area contributed by atoms with Gasteiger partial charge in [0.1, 0.15) is 0 Å². The lowest BCUT2D eigenvalue weighted by molar-refractivity contribution is 0.763. The van der Waals surface area contributed by atoms with Crippen molar-refractivity contribution in [2.45, 2.75) is 33.1 Å². The lowest BCUT2D eigenvalue weighted by Crippen LogP contribution is -2.06. The normalized spacial score (nSPS) is 10.8. The number of aryl methyl sites for hydroxylation is 2. The Balaban J connectivity index is 2.56. The van der Waals surface area contributed by atoms with Gasteiger partial charge in [-0.2, -0.15) is 0 Å². The molecule has 1 aromatic heterocycles. The third-order valence-corrected chi connectivity index (χ3v) is 3.35. The summed E-state index contributed by atoms with van der Waals surface area (Å²) in [7, 11) is 1.90. The van der Waals surface area contributed by atoms with Gasteiger partial charge in [-0.1, -0.05) is 37.6 Å². The van der Waals surface area contributed by atoms with E-state index in [1.165, 1.54) is 5.56 Å². The zero-order valence-electron chi connectivity index (χ0n) is 11.3. The van der Waals surface area contributed by atoms with Crippen molar-refractivity contribution >= 4 is 0 Å². The molecule has 0 aliphatic rings. The number of hydrogen-bond donors (Lipinski definition) is 1. The summed E-state index contributed by atoms with van der Waals surface area (Å²) < 4.78 is 1.84. The van der Waals surface area contributed by atoms with E-state index in [-0.39, 0.29) is 5.56 Å².